The highest BCUT2D eigenvalue weighted by atomic mass is 32.1. The monoisotopic (exact) mass is 230 g/mol. The van der Waals surface area contributed by atoms with Crippen LogP contribution in [-0.4, -0.2) is 5.97 Å². The van der Waals surface area contributed by atoms with Gasteiger partial charge in [-0.2, -0.15) is 11.3 Å². The van der Waals surface area contributed by atoms with Crippen LogP contribution >= 0.6 is 11.3 Å². The normalized spacial score (nSPS) is 13.0. The summed E-state index contributed by atoms with van der Waals surface area (Å²) in [5, 5.41) is 4.25. The second kappa shape index (κ2) is 3.19. The smallest absolute Gasteiger partial charge is 0.347 e. The molecule has 2 nitrogen and oxygen atoms in total. The van der Waals surface area contributed by atoms with E-state index in [4.69, 9.17) is 4.74 Å². The number of carbonyl (C=O) groups is 1. The van der Waals surface area contributed by atoms with Crippen LogP contribution in [0, 0.1) is 13.8 Å². The Morgan fingerprint density at radius 2 is 1.81 bits per heavy atom. The molecule has 80 valence electrons. The van der Waals surface area contributed by atoms with Crippen molar-refractivity contribution in [3.8, 4) is 16.9 Å². The first-order chi connectivity index (χ1) is 7.68. The first-order valence-electron chi connectivity index (χ1n) is 5.07. The van der Waals surface area contributed by atoms with Gasteiger partial charge in [-0.25, -0.2) is 4.79 Å². The van der Waals surface area contributed by atoms with Gasteiger partial charge in [-0.15, -0.1) is 0 Å². The summed E-state index contributed by atoms with van der Waals surface area (Å²) in [5.41, 5.74) is 5.41. The van der Waals surface area contributed by atoms with Crippen LogP contribution in [-0.2, 0) is 0 Å². The molecule has 0 saturated carbocycles. The highest BCUT2D eigenvalue weighted by Crippen LogP contribution is 2.40. The molecule has 1 aromatic carbocycles. The van der Waals surface area contributed by atoms with Gasteiger partial charge in [0.2, 0.25) is 0 Å². The predicted molar refractivity (Wildman–Crippen MR) is 64.2 cm³/mol. The molecular formula is C13H10O2S. The summed E-state index contributed by atoms with van der Waals surface area (Å²) in [7, 11) is 0. The quantitative estimate of drug-likeness (QED) is 0.700. The van der Waals surface area contributed by atoms with E-state index >= 15 is 0 Å². The fraction of sp³-hybridized carbons (Fsp3) is 0.154. The fourth-order valence-corrected chi connectivity index (χ4v) is 2.86. The van der Waals surface area contributed by atoms with Crippen LogP contribution in [0.1, 0.15) is 21.5 Å². The molecule has 0 N–H and O–H groups in total. The molecule has 1 aliphatic heterocycles. The molecule has 0 saturated heterocycles. The molecule has 0 bridgehead atoms. The number of benzene rings is 1. The third-order valence-electron chi connectivity index (χ3n) is 2.97. The Kier molecular flexibility index (Phi) is 1.91. The molecule has 3 rings (SSSR count). The van der Waals surface area contributed by atoms with E-state index in [2.05, 4.69) is 17.7 Å². The minimum absolute atomic E-state index is 0.216. The minimum atomic E-state index is -0.216. The van der Waals surface area contributed by atoms with Gasteiger partial charge in [-0.3, -0.25) is 0 Å². The van der Waals surface area contributed by atoms with Crippen LogP contribution < -0.4 is 4.74 Å². The Labute approximate surface area is 97.5 Å². The number of ether oxygens (including phenoxy) is 1. The van der Waals surface area contributed by atoms with Gasteiger partial charge in [0.15, 0.2) is 0 Å². The van der Waals surface area contributed by atoms with Crippen molar-refractivity contribution in [2.45, 2.75) is 13.8 Å². The second-order valence-electron chi connectivity index (χ2n) is 3.97. The van der Waals surface area contributed by atoms with E-state index in [0.29, 0.717) is 5.56 Å². The molecule has 0 radical (unpaired) electrons. The first kappa shape index (κ1) is 9.60. The third kappa shape index (κ3) is 1.15. The minimum Gasteiger partial charge on any atom is -0.422 e. The molecule has 1 aromatic heterocycles. The molecule has 16 heavy (non-hydrogen) atoms. The Morgan fingerprint density at radius 3 is 2.44 bits per heavy atom. The molecule has 0 spiro atoms. The van der Waals surface area contributed by atoms with E-state index in [0.717, 1.165) is 16.9 Å². The van der Waals surface area contributed by atoms with E-state index in [1.54, 1.807) is 11.3 Å². The maximum absolute atomic E-state index is 11.1. The van der Waals surface area contributed by atoms with Crippen LogP contribution in [0.15, 0.2) is 22.9 Å². The van der Waals surface area contributed by atoms with Gasteiger partial charge in [0, 0.05) is 5.56 Å². The maximum Gasteiger partial charge on any atom is 0.347 e. The Morgan fingerprint density at radius 1 is 1.06 bits per heavy atom. The summed E-state index contributed by atoms with van der Waals surface area (Å²) in [6, 6.07) is 3.85. The molecule has 0 unspecified atom stereocenters. The van der Waals surface area contributed by atoms with Gasteiger partial charge in [-0.1, -0.05) is 6.07 Å². The van der Waals surface area contributed by atoms with E-state index in [-0.39, 0.29) is 5.97 Å². The summed E-state index contributed by atoms with van der Waals surface area (Å²) >= 11 is 1.69. The number of hydrogen-bond acceptors (Lipinski definition) is 3. The van der Waals surface area contributed by atoms with Gasteiger partial charge < -0.3 is 4.74 Å². The maximum atomic E-state index is 11.1. The number of carbonyl (C=O) groups excluding carboxylic acids is 1. The van der Waals surface area contributed by atoms with E-state index < -0.39 is 0 Å². The highest BCUT2D eigenvalue weighted by molar-refractivity contribution is 7.08. The van der Waals surface area contributed by atoms with Crippen molar-refractivity contribution in [3.63, 3.8) is 0 Å². The van der Waals surface area contributed by atoms with E-state index in [1.165, 1.54) is 11.1 Å². The van der Waals surface area contributed by atoms with E-state index in [1.807, 2.05) is 19.1 Å². The summed E-state index contributed by atoms with van der Waals surface area (Å²) in [6.07, 6.45) is 0. The van der Waals surface area contributed by atoms with E-state index in [9.17, 15) is 4.79 Å². The van der Waals surface area contributed by atoms with Crippen LogP contribution in [0.4, 0.5) is 0 Å². The number of aryl methyl sites for hydroxylation is 1. The number of rotatable bonds is 1. The van der Waals surface area contributed by atoms with Crippen LogP contribution in [0.25, 0.3) is 11.1 Å². The largest absolute Gasteiger partial charge is 0.422 e. The van der Waals surface area contributed by atoms with Gasteiger partial charge >= 0.3 is 5.97 Å². The first-order valence-corrected chi connectivity index (χ1v) is 6.01. The molecule has 0 fully saturated rings. The third-order valence-corrected chi connectivity index (χ3v) is 3.83. The molecule has 1 aliphatic rings. The molecule has 2 aromatic rings. The van der Waals surface area contributed by atoms with Crippen LogP contribution in [0.2, 0.25) is 0 Å². The molecule has 3 heteroatoms. The van der Waals surface area contributed by atoms with Crippen molar-refractivity contribution < 1.29 is 9.53 Å². The van der Waals surface area contributed by atoms with Crippen molar-refractivity contribution in [2.75, 3.05) is 0 Å². The lowest BCUT2D eigenvalue weighted by Crippen LogP contribution is -2.22. The zero-order valence-corrected chi connectivity index (χ0v) is 9.85. The zero-order chi connectivity index (χ0) is 11.3. The fourth-order valence-electron chi connectivity index (χ4n) is 2.01. The predicted octanol–water partition coefficient (Wildman–Crippen LogP) is 3.56. The zero-order valence-electron chi connectivity index (χ0n) is 9.03. The van der Waals surface area contributed by atoms with Gasteiger partial charge in [0.25, 0.3) is 0 Å². The Bertz CT molecular complexity index is 596. The van der Waals surface area contributed by atoms with Gasteiger partial charge in [-0.05, 0) is 47.4 Å². The summed E-state index contributed by atoms with van der Waals surface area (Å²) < 4.78 is 5.06. The molecule has 2 heterocycles. The molecule has 0 aliphatic carbocycles. The van der Waals surface area contributed by atoms with Gasteiger partial charge in [0.05, 0.1) is 0 Å². The average Bonchev–Trinajstić information content (AvgIpc) is 2.66. The number of esters is 1. The highest BCUT2D eigenvalue weighted by Gasteiger charge is 2.29. The Hall–Kier alpha value is -1.61. The number of hydrogen-bond donors (Lipinski definition) is 0. The van der Waals surface area contributed by atoms with Crippen molar-refractivity contribution in [2.24, 2.45) is 0 Å². The van der Waals surface area contributed by atoms with Crippen LogP contribution in [0.3, 0.4) is 0 Å². The summed E-state index contributed by atoms with van der Waals surface area (Å²) in [6.45, 7) is 4.09. The lowest BCUT2D eigenvalue weighted by molar-refractivity contribution is 0.0657. The molecular weight excluding hydrogens is 220 g/mol. The Balaban J connectivity index is 2.21. The molecule has 0 atom stereocenters. The van der Waals surface area contributed by atoms with Crippen molar-refractivity contribution in [1.29, 1.82) is 0 Å². The number of fused-ring (bicyclic) bond motifs is 1. The van der Waals surface area contributed by atoms with Gasteiger partial charge in [0.1, 0.15) is 11.3 Å². The topological polar surface area (TPSA) is 26.3 Å². The lowest BCUT2D eigenvalue weighted by Gasteiger charge is -2.21. The summed E-state index contributed by atoms with van der Waals surface area (Å²) in [5.74, 6) is 0.528. The lowest BCUT2D eigenvalue weighted by atomic mass is 9.95. The van der Waals surface area contributed by atoms with Crippen LogP contribution in [0.5, 0.6) is 5.75 Å². The average molecular weight is 230 g/mol. The van der Waals surface area contributed by atoms with Crippen molar-refractivity contribution in [1.82, 2.24) is 0 Å². The standard InChI is InChI=1S/C13H10O2S/c1-7-5-16-6-11(7)9-3-4-10-12(8(9)2)15-13(10)14/h3-6H,1-2H3. The second-order valence-corrected chi connectivity index (χ2v) is 4.72. The van der Waals surface area contributed by atoms with Crippen molar-refractivity contribution >= 4 is 17.3 Å². The summed E-state index contributed by atoms with van der Waals surface area (Å²) in [4.78, 5) is 11.1. The SMILES string of the molecule is Cc1cscc1-c1ccc2c(c1C)OC2=O. The van der Waals surface area contributed by atoms with Crippen molar-refractivity contribution in [3.05, 3.63) is 39.6 Å². The molecule has 0 amide bonds. The number of thiophene rings is 1.